The maximum absolute atomic E-state index is 4.19. The lowest BCUT2D eigenvalue weighted by molar-refractivity contribution is 0.282. The van der Waals surface area contributed by atoms with Crippen molar-refractivity contribution in [1.29, 1.82) is 0 Å². The monoisotopic (exact) mass is 168 g/mol. The van der Waals surface area contributed by atoms with Gasteiger partial charge < -0.3 is 0 Å². The second-order valence-electron chi connectivity index (χ2n) is 4.97. The summed E-state index contributed by atoms with van der Waals surface area (Å²) in [6, 6.07) is 0. The summed E-state index contributed by atoms with van der Waals surface area (Å²) in [5, 5.41) is 0. The molecule has 0 fully saturated rings. The van der Waals surface area contributed by atoms with E-state index in [1.165, 1.54) is 12.0 Å². The van der Waals surface area contributed by atoms with E-state index in [9.17, 15) is 0 Å². The van der Waals surface area contributed by atoms with Gasteiger partial charge in [0.1, 0.15) is 0 Å². The Hall–Kier alpha value is -0.260. The zero-order valence-corrected chi connectivity index (χ0v) is 9.57. The number of rotatable bonds is 3. The van der Waals surface area contributed by atoms with Crippen molar-refractivity contribution in [3.63, 3.8) is 0 Å². The van der Waals surface area contributed by atoms with E-state index >= 15 is 0 Å². The Labute approximate surface area is 78.1 Å². The lowest BCUT2D eigenvalue weighted by Crippen LogP contribution is -2.21. The number of allylic oxidation sites excluding steroid dienone is 1. The molecule has 0 nitrogen and oxygen atoms in total. The van der Waals surface area contributed by atoms with Crippen LogP contribution in [0.15, 0.2) is 12.2 Å². The predicted octanol–water partition coefficient (Wildman–Crippen LogP) is 4.27. The summed E-state index contributed by atoms with van der Waals surface area (Å²) < 4.78 is 0. The van der Waals surface area contributed by atoms with Crippen LogP contribution in [-0.2, 0) is 0 Å². The van der Waals surface area contributed by atoms with Gasteiger partial charge in [0.25, 0.3) is 0 Å². The van der Waals surface area contributed by atoms with Gasteiger partial charge in [-0.2, -0.15) is 0 Å². The molecular weight excluding hydrogens is 144 g/mol. The number of hydrogen-bond acceptors (Lipinski definition) is 0. The minimum Gasteiger partial charge on any atom is -0.0993 e. The summed E-state index contributed by atoms with van der Waals surface area (Å²) in [4.78, 5) is 0. The molecular formula is C12H24. The van der Waals surface area contributed by atoms with Crippen LogP contribution >= 0.6 is 0 Å². The predicted molar refractivity (Wildman–Crippen MR) is 57.2 cm³/mol. The first-order valence-corrected chi connectivity index (χ1v) is 4.99. The molecule has 0 aliphatic heterocycles. The molecule has 0 aromatic rings. The van der Waals surface area contributed by atoms with Crippen LogP contribution in [0.25, 0.3) is 0 Å². The quantitative estimate of drug-likeness (QED) is 0.552. The topological polar surface area (TPSA) is 0 Å². The summed E-state index contributed by atoms with van der Waals surface area (Å²) in [6.07, 6.45) is 1.21. The highest BCUT2D eigenvalue weighted by Gasteiger charge is 2.24. The molecule has 12 heavy (non-hydrogen) atoms. The standard InChI is InChI=1S/C12H24/c1-8-9(2)10(3)11(4)12(5,6)7/h9,11H,3,8H2,1-2,4-7H3. The van der Waals surface area contributed by atoms with E-state index in [1.807, 2.05) is 0 Å². The van der Waals surface area contributed by atoms with Crippen molar-refractivity contribution < 1.29 is 0 Å². The van der Waals surface area contributed by atoms with Gasteiger partial charge in [-0.3, -0.25) is 0 Å². The first kappa shape index (κ1) is 11.7. The average Bonchev–Trinajstić information content (AvgIpc) is 1.98. The lowest BCUT2D eigenvalue weighted by Gasteiger charge is -2.31. The molecule has 0 spiro atoms. The Morgan fingerprint density at radius 2 is 1.67 bits per heavy atom. The van der Waals surface area contributed by atoms with Crippen LogP contribution < -0.4 is 0 Å². The second kappa shape index (κ2) is 4.11. The minimum absolute atomic E-state index is 0.362. The summed E-state index contributed by atoms with van der Waals surface area (Å²) in [5.74, 6) is 1.28. The molecule has 0 aliphatic rings. The van der Waals surface area contributed by atoms with Crippen LogP contribution in [0, 0.1) is 17.3 Å². The van der Waals surface area contributed by atoms with E-state index in [4.69, 9.17) is 0 Å². The highest BCUT2D eigenvalue weighted by molar-refractivity contribution is 5.06. The summed E-state index contributed by atoms with van der Waals surface area (Å²) in [7, 11) is 0. The van der Waals surface area contributed by atoms with Crippen molar-refractivity contribution in [2.45, 2.75) is 48.0 Å². The summed E-state index contributed by atoms with van der Waals surface area (Å²) in [5.41, 5.74) is 1.77. The largest absolute Gasteiger partial charge is 0.0993 e. The van der Waals surface area contributed by atoms with Crippen LogP contribution in [0.5, 0.6) is 0 Å². The molecule has 0 saturated carbocycles. The first-order valence-electron chi connectivity index (χ1n) is 4.99. The van der Waals surface area contributed by atoms with E-state index in [0.717, 1.165) is 0 Å². The highest BCUT2D eigenvalue weighted by Crippen LogP contribution is 2.34. The van der Waals surface area contributed by atoms with Gasteiger partial charge in [-0.05, 0) is 23.7 Å². The SMILES string of the molecule is C=C(C(C)CC)C(C)C(C)(C)C. The fourth-order valence-electron chi connectivity index (χ4n) is 1.25. The van der Waals surface area contributed by atoms with Crippen LogP contribution in [-0.4, -0.2) is 0 Å². The minimum atomic E-state index is 0.362. The molecule has 0 aromatic carbocycles. The highest BCUT2D eigenvalue weighted by atomic mass is 14.3. The van der Waals surface area contributed by atoms with Gasteiger partial charge in [0, 0.05) is 0 Å². The molecule has 0 aromatic heterocycles. The Morgan fingerprint density at radius 3 is 1.92 bits per heavy atom. The molecule has 0 aliphatic carbocycles. The van der Waals surface area contributed by atoms with Gasteiger partial charge in [-0.15, -0.1) is 0 Å². The van der Waals surface area contributed by atoms with Crippen LogP contribution in [0.1, 0.15) is 48.0 Å². The third kappa shape index (κ3) is 3.00. The average molecular weight is 168 g/mol. The molecule has 0 amide bonds. The maximum Gasteiger partial charge on any atom is -0.0183 e. The molecule has 2 unspecified atom stereocenters. The van der Waals surface area contributed by atoms with Crippen molar-refractivity contribution in [3.05, 3.63) is 12.2 Å². The van der Waals surface area contributed by atoms with Gasteiger partial charge >= 0.3 is 0 Å². The zero-order chi connectivity index (χ0) is 9.94. The molecule has 0 radical (unpaired) electrons. The van der Waals surface area contributed by atoms with Gasteiger partial charge in [-0.25, -0.2) is 0 Å². The van der Waals surface area contributed by atoms with Crippen LogP contribution in [0.3, 0.4) is 0 Å². The van der Waals surface area contributed by atoms with Gasteiger partial charge in [-0.1, -0.05) is 53.7 Å². The number of hydrogen-bond donors (Lipinski definition) is 0. The molecule has 0 N–H and O–H groups in total. The Morgan fingerprint density at radius 1 is 1.25 bits per heavy atom. The summed E-state index contributed by atoms with van der Waals surface area (Å²) in [6.45, 7) is 17.8. The Balaban J connectivity index is 4.30. The van der Waals surface area contributed by atoms with E-state index in [1.54, 1.807) is 0 Å². The van der Waals surface area contributed by atoms with E-state index < -0.39 is 0 Å². The first-order chi connectivity index (χ1) is 5.30. The maximum atomic E-state index is 4.19. The van der Waals surface area contributed by atoms with E-state index in [0.29, 0.717) is 17.3 Å². The summed E-state index contributed by atoms with van der Waals surface area (Å²) >= 11 is 0. The lowest BCUT2D eigenvalue weighted by atomic mass is 9.74. The van der Waals surface area contributed by atoms with Crippen molar-refractivity contribution in [2.75, 3.05) is 0 Å². The zero-order valence-electron chi connectivity index (χ0n) is 9.57. The molecule has 0 saturated heterocycles. The second-order valence-corrected chi connectivity index (χ2v) is 4.97. The van der Waals surface area contributed by atoms with Crippen molar-refractivity contribution in [3.8, 4) is 0 Å². The molecule has 0 bridgehead atoms. The molecule has 0 heteroatoms. The van der Waals surface area contributed by atoms with Gasteiger partial charge in [0.15, 0.2) is 0 Å². The smallest absolute Gasteiger partial charge is 0.0183 e. The van der Waals surface area contributed by atoms with E-state index in [-0.39, 0.29) is 0 Å². The fraction of sp³-hybridized carbons (Fsp3) is 0.833. The van der Waals surface area contributed by atoms with E-state index in [2.05, 4.69) is 48.1 Å². The van der Waals surface area contributed by atoms with Crippen molar-refractivity contribution >= 4 is 0 Å². The Bertz CT molecular complexity index is 148. The van der Waals surface area contributed by atoms with Crippen LogP contribution in [0.2, 0.25) is 0 Å². The van der Waals surface area contributed by atoms with Crippen molar-refractivity contribution in [1.82, 2.24) is 0 Å². The third-order valence-electron chi connectivity index (χ3n) is 3.10. The van der Waals surface area contributed by atoms with Gasteiger partial charge in [0.05, 0.1) is 0 Å². The Kier molecular flexibility index (Phi) is 4.02. The third-order valence-corrected chi connectivity index (χ3v) is 3.10. The van der Waals surface area contributed by atoms with Crippen LogP contribution in [0.4, 0.5) is 0 Å². The molecule has 72 valence electrons. The fourth-order valence-corrected chi connectivity index (χ4v) is 1.25. The van der Waals surface area contributed by atoms with Gasteiger partial charge in [0.2, 0.25) is 0 Å². The molecule has 0 heterocycles. The van der Waals surface area contributed by atoms with Crippen molar-refractivity contribution in [2.24, 2.45) is 17.3 Å². The normalized spacial score (nSPS) is 17.2. The molecule has 0 rings (SSSR count). The molecule has 2 atom stereocenters.